The number of hydrogen-bond acceptors (Lipinski definition) is 2. The van der Waals surface area contributed by atoms with Gasteiger partial charge in [-0.15, -0.1) is 0 Å². The summed E-state index contributed by atoms with van der Waals surface area (Å²) >= 11 is 5.31. The minimum atomic E-state index is 0.450. The Morgan fingerprint density at radius 3 is 2.69 bits per heavy atom. The molecule has 0 spiro atoms. The van der Waals surface area contributed by atoms with E-state index in [4.69, 9.17) is 12.2 Å². The maximum Gasteiger partial charge on any atom is 0.0967 e. The Balaban J connectivity index is 2.43. The van der Waals surface area contributed by atoms with Crippen LogP contribution in [0, 0.1) is 0 Å². The van der Waals surface area contributed by atoms with E-state index >= 15 is 0 Å². The van der Waals surface area contributed by atoms with Gasteiger partial charge in [-0.2, -0.15) is 0 Å². The van der Waals surface area contributed by atoms with Gasteiger partial charge in [-0.05, 0) is 40.3 Å². The predicted molar refractivity (Wildman–Crippen MR) is 60.8 cm³/mol. The number of nitrogens with zero attached hydrogens (tertiary/aromatic N) is 1. The van der Waals surface area contributed by atoms with Gasteiger partial charge in [-0.25, -0.2) is 0 Å². The summed E-state index contributed by atoms with van der Waals surface area (Å²) in [7, 11) is 2.13. The molecule has 1 saturated heterocycles. The van der Waals surface area contributed by atoms with Crippen LogP contribution < -0.4 is 5.32 Å². The van der Waals surface area contributed by atoms with Gasteiger partial charge in [0.1, 0.15) is 0 Å². The molecule has 0 aliphatic carbocycles. The van der Waals surface area contributed by atoms with Crippen LogP contribution in [0.3, 0.4) is 0 Å². The Labute approximate surface area is 86.0 Å². The summed E-state index contributed by atoms with van der Waals surface area (Å²) < 4.78 is 0. The van der Waals surface area contributed by atoms with E-state index in [1.54, 1.807) is 0 Å². The van der Waals surface area contributed by atoms with Gasteiger partial charge in [-0.3, -0.25) is 4.90 Å². The molecule has 0 saturated carbocycles. The number of likely N-dealkylation sites (N-methyl/N-ethyl adjacent to an activating group) is 1. The van der Waals surface area contributed by atoms with Crippen LogP contribution in [0.4, 0.5) is 0 Å². The molecule has 13 heavy (non-hydrogen) atoms. The normalized spacial score (nSPS) is 22.8. The SMILES string of the molecule is CC(C)=CNC(=S)C1CCCN1C. The van der Waals surface area contributed by atoms with Crippen molar-refractivity contribution in [1.29, 1.82) is 0 Å². The second-order valence-corrected chi connectivity index (χ2v) is 4.31. The summed E-state index contributed by atoms with van der Waals surface area (Å²) in [5.74, 6) is 0. The van der Waals surface area contributed by atoms with E-state index in [0.29, 0.717) is 6.04 Å². The number of likely N-dealkylation sites (tertiary alicyclic amines) is 1. The van der Waals surface area contributed by atoms with E-state index in [-0.39, 0.29) is 0 Å². The lowest BCUT2D eigenvalue weighted by atomic mass is 10.2. The summed E-state index contributed by atoms with van der Waals surface area (Å²) in [6.07, 6.45) is 4.44. The minimum Gasteiger partial charge on any atom is -0.355 e. The molecule has 74 valence electrons. The number of thiocarbonyl (C=S) groups is 1. The Morgan fingerprint density at radius 1 is 1.54 bits per heavy atom. The summed E-state index contributed by atoms with van der Waals surface area (Å²) in [5, 5.41) is 3.18. The van der Waals surface area contributed by atoms with Crippen LogP contribution in [0.15, 0.2) is 11.8 Å². The minimum absolute atomic E-state index is 0.450. The van der Waals surface area contributed by atoms with Crippen LogP contribution in [0.5, 0.6) is 0 Å². The molecule has 1 heterocycles. The van der Waals surface area contributed by atoms with Gasteiger partial charge in [-0.1, -0.05) is 17.8 Å². The molecule has 1 rings (SSSR count). The molecular weight excluding hydrogens is 180 g/mol. The number of rotatable bonds is 2. The third-order valence-corrected chi connectivity index (χ3v) is 2.72. The van der Waals surface area contributed by atoms with Crippen molar-refractivity contribution in [2.45, 2.75) is 32.7 Å². The van der Waals surface area contributed by atoms with E-state index < -0.39 is 0 Å². The summed E-state index contributed by atoms with van der Waals surface area (Å²) in [5.41, 5.74) is 1.25. The van der Waals surface area contributed by atoms with Crippen LogP contribution in [0.1, 0.15) is 26.7 Å². The standard InChI is InChI=1S/C10H18N2S/c1-8(2)7-11-10(13)9-5-4-6-12(9)3/h7,9H,4-6H2,1-3H3,(H,11,13). The highest BCUT2D eigenvalue weighted by molar-refractivity contribution is 7.80. The Kier molecular flexibility index (Phi) is 3.88. The molecule has 0 aromatic rings. The first-order chi connectivity index (χ1) is 6.11. The monoisotopic (exact) mass is 198 g/mol. The predicted octanol–water partition coefficient (Wildman–Crippen LogP) is 1.92. The first-order valence-corrected chi connectivity index (χ1v) is 5.16. The fourth-order valence-electron chi connectivity index (χ4n) is 1.55. The maximum atomic E-state index is 5.31. The van der Waals surface area contributed by atoms with Gasteiger partial charge in [0.05, 0.1) is 11.0 Å². The van der Waals surface area contributed by atoms with Crippen molar-refractivity contribution in [3.63, 3.8) is 0 Å². The Bertz CT molecular complexity index is 219. The van der Waals surface area contributed by atoms with Crippen LogP contribution in [0.25, 0.3) is 0 Å². The molecule has 0 aromatic heterocycles. The van der Waals surface area contributed by atoms with Crippen molar-refractivity contribution >= 4 is 17.2 Å². The van der Waals surface area contributed by atoms with Gasteiger partial charge in [0, 0.05) is 6.20 Å². The topological polar surface area (TPSA) is 15.3 Å². The van der Waals surface area contributed by atoms with Crippen LogP contribution in [-0.4, -0.2) is 29.5 Å². The smallest absolute Gasteiger partial charge is 0.0967 e. The van der Waals surface area contributed by atoms with Gasteiger partial charge >= 0.3 is 0 Å². The third-order valence-electron chi connectivity index (χ3n) is 2.33. The number of hydrogen-bond donors (Lipinski definition) is 1. The molecule has 1 N–H and O–H groups in total. The van der Waals surface area contributed by atoms with Crippen LogP contribution in [0.2, 0.25) is 0 Å². The average Bonchev–Trinajstić information content (AvgIpc) is 2.47. The molecule has 3 heteroatoms. The van der Waals surface area contributed by atoms with E-state index in [2.05, 4.69) is 31.1 Å². The van der Waals surface area contributed by atoms with Crippen molar-refractivity contribution in [3.8, 4) is 0 Å². The Morgan fingerprint density at radius 2 is 2.23 bits per heavy atom. The zero-order valence-electron chi connectivity index (χ0n) is 8.63. The molecule has 0 aromatic carbocycles. The molecule has 1 aliphatic heterocycles. The molecule has 1 unspecified atom stereocenters. The number of allylic oxidation sites excluding steroid dienone is 1. The molecule has 0 radical (unpaired) electrons. The van der Waals surface area contributed by atoms with E-state index in [9.17, 15) is 0 Å². The fourth-order valence-corrected chi connectivity index (χ4v) is 1.91. The lowest BCUT2D eigenvalue weighted by Crippen LogP contribution is -2.38. The van der Waals surface area contributed by atoms with Crippen LogP contribution >= 0.6 is 12.2 Å². The van der Waals surface area contributed by atoms with Gasteiger partial charge in [0.2, 0.25) is 0 Å². The van der Waals surface area contributed by atoms with Crippen molar-refractivity contribution in [2.75, 3.05) is 13.6 Å². The van der Waals surface area contributed by atoms with Crippen molar-refractivity contribution in [2.24, 2.45) is 0 Å². The van der Waals surface area contributed by atoms with E-state index in [0.717, 1.165) is 4.99 Å². The summed E-state index contributed by atoms with van der Waals surface area (Å²) in [6.45, 7) is 5.29. The van der Waals surface area contributed by atoms with Crippen molar-refractivity contribution in [3.05, 3.63) is 11.8 Å². The quantitative estimate of drug-likeness (QED) is 0.682. The van der Waals surface area contributed by atoms with E-state index in [1.807, 2.05) is 6.20 Å². The highest BCUT2D eigenvalue weighted by atomic mass is 32.1. The zero-order valence-corrected chi connectivity index (χ0v) is 9.45. The first kappa shape index (κ1) is 10.7. The molecule has 0 bridgehead atoms. The third kappa shape index (κ3) is 3.08. The lowest BCUT2D eigenvalue weighted by molar-refractivity contribution is 0.372. The fraction of sp³-hybridized carbons (Fsp3) is 0.700. The first-order valence-electron chi connectivity index (χ1n) is 4.75. The average molecular weight is 198 g/mol. The van der Waals surface area contributed by atoms with E-state index in [1.165, 1.54) is 25.0 Å². The molecule has 1 atom stereocenters. The zero-order chi connectivity index (χ0) is 9.84. The maximum absolute atomic E-state index is 5.31. The lowest BCUT2D eigenvalue weighted by Gasteiger charge is -2.20. The largest absolute Gasteiger partial charge is 0.355 e. The molecule has 1 aliphatic rings. The molecule has 0 amide bonds. The van der Waals surface area contributed by atoms with Crippen LogP contribution in [-0.2, 0) is 0 Å². The highest BCUT2D eigenvalue weighted by Crippen LogP contribution is 2.15. The van der Waals surface area contributed by atoms with Crippen molar-refractivity contribution < 1.29 is 0 Å². The van der Waals surface area contributed by atoms with Gasteiger partial charge in [0.15, 0.2) is 0 Å². The number of nitrogens with one attached hydrogen (secondary N) is 1. The second kappa shape index (κ2) is 4.72. The highest BCUT2D eigenvalue weighted by Gasteiger charge is 2.23. The molecule has 2 nitrogen and oxygen atoms in total. The Hall–Kier alpha value is -0.410. The van der Waals surface area contributed by atoms with Crippen molar-refractivity contribution in [1.82, 2.24) is 10.2 Å². The summed E-state index contributed by atoms with van der Waals surface area (Å²) in [4.78, 5) is 3.27. The van der Waals surface area contributed by atoms with Gasteiger partial charge in [0.25, 0.3) is 0 Å². The second-order valence-electron chi connectivity index (χ2n) is 3.87. The molecular formula is C10H18N2S. The molecule has 1 fully saturated rings. The summed E-state index contributed by atoms with van der Waals surface area (Å²) in [6, 6.07) is 0.450. The van der Waals surface area contributed by atoms with Gasteiger partial charge < -0.3 is 5.32 Å².